The highest BCUT2D eigenvalue weighted by Gasteiger charge is 2.15. The van der Waals surface area contributed by atoms with Crippen LogP contribution in [0.5, 0.6) is 0 Å². The molecule has 0 unspecified atom stereocenters. The summed E-state index contributed by atoms with van der Waals surface area (Å²) in [4.78, 5) is 2.28. The summed E-state index contributed by atoms with van der Waals surface area (Å²) in [5.41, 5.74) is 3.43. The summed E-state index contributed by atoms with van der Waals surface area (Å²) in [5, 5.41) is 3.58. The van der Waals surface area contributed by atoms with E-state index >= 15 is 0 Å². The Bertz CT molecular complexity index is 615. The number of nitrogens with zero attached hydrogens (tertiary/aromatic N) is 1. The second-order valence-electron chi connectivity index (χ2n) is 4.98. The van der Waals surface area contributed by atoms with Crippen LogP contribution in [-0.2, 0) is 13.1 Å². The van der Waals surface area contributed by atoms with Gasteiger partial charge in [0.2, 0.25) is 0 Å². The Hall–Kier alpha value is -1.58. The van der Waals surface area contributed by atoms with Gasteiger partial charge in [-0.15, -0.1) is 0 Å². The predicted molar refractivity (Wildman–Crippen MR) is 80.6 cm³/mol. The molecule has 0 aromatic heterocycles. The van der Waals surface area contributed by atoms with Crippen molar-refractivity contribution in [1.82, 2.24) is 5.32 Å². The molecule has 4 heteroatoms. The molecular formula is C16H16ClFN2. The van der Waals surface area contributed by atoms with Gasteiger partial charge < -0.3 is 10.2 Å². The van der Waals surface area contributed by atoms with Crippen molar-refractivity contribution >= 4 is 17.3 Å². The van der Waals surface area contributed by atoms with Gasteiger partial charge in [0.25, 0.3) is 0 Å². The summed E-state index contributed by atoms with van der Waals surface area (Å²) in [5.74, 6) is -0.356. The van der Waals surface area contributed by atoms with Gasteiger partial charge in [-0.1, -0.05) is 35.9 Å². The van der Waals surface area contributed by atoms with E-state index < -0.39 is 0 Å². The molecule has 1 heterocycles. The highest BCUT2D eigenvalue weighted by Crippen LogP contribution is 2.25. The molecule has 1 aliphatic rings. The molecule has 0 atom stereocenters. The normalized spacial score (nSPS) is 14.8. The van der Waals surface area contributed by atoms with Crippen LogP contribution in [0.4, 0.5) is 10.1 Å². The van der Waals surface area contributed by atoms with Crippen LogP contribution in [0, 0.1) is 5.82 Å². The minimum absolute atomic E-state index is 0.173. The number of para-hydroxylation sites is 1. The van der Waals surface area contributed by atoms with Gasteiger partial charge in [0.15, 0.2) is 0 Å². The van der Waals surface area contributed by atoms with Gasteiger partial charge in [0.1, 0.15) is 5.82 Å². The van der Waals surface area contributed by atoms with E-state index in [0.717, 1.165) is 25.2 Å². The largest absolute Gasteiger partial charge is 0.366 e. The van der Waals surface area contributed by atoms with E-state index in [1.165, 1.54) is 17.3 Å². The summed E-state index contributed by atoms with van der Waals surface area (Å²) in [6.45, 7) is 3.39. The van der Waals surface area contributed by atoms with Gasteiger partial charge in [-0.25, -0.2) is 4.39 Å². The Morgan fingerprint density at radius 1 is 1.20 bits per heavy atom. The third kappa shape index (κ3) is 2.79. The molecule has 0 amide bonds. The van der Waals surface area contributed by atoms with Crippen LogP contribution in [0.3, 0.4) is 0 Å². The number of rotatable bonds is 2. The molecule has 0 saturated heterocycles. The van der Waals surface area contributed by atoms with Crippen LogP contribution in [0.25, 0.3) is 0 Å². The maximum absolute atomic E-state index is 13.5. The van der Waals surface area contributed by atoms with Crippen LogP contribution in [0.15, 0.2) is 42.5 Å². The van der Waals surface area contributed by atoms with E-state index in [9.17, 15) is 4.39 Å². The highest BCUT2D eigenvalue weighted by atomic mass is 35.5. The number of fused-ring (bicyclic) bond motifs is 1. The topological polar surface area (TPSA) is 15.3 Å². The number of halogens is 2. The molecule has 3 rings (SSSR count). The van der Waals surface area contributed by atoms with Crippen molar-refractivity contribution in [3.63, 3.8) is 0 Å². The summed E-state index contributed by atoms with van der Waals surface area (Å²) < 4.78 is 13.5. The van der Waals surface area contributed by atoms with Crippen LogP contribution in [0.1, 0.15) is 11.1 Å². The van der Waals surface area contributed by atoms with Crippen molar-refractivity contribution in [3.8, 4) is 0 Å². The van der Waals surface area contributed by atoms with E-state index in [0.29, 0.717) is 6.54 Å². The van der Waals surface area contributed by atoms with E-state index in [-0.39, 0.29) is 10.8 Å². The van der Waals surface area contributed by atoms with Crippen LogP contribution >= 0.6 is 11.6 Å². The Kier molecular flexibility index (Phi) is 3.90. The number of benzene rings is 2. The molecule has 1 N–H and O–H groups in total. The molecule has 0 saturated carbocycles. The van der Waals surface area contributed by atoms with E-state index in [1.54, 1.807) is 6.07 Å². The number of hydrogen-bond donors (Lipinski definition) is 1. The molecule has 0 bridgehead atoms. The second kappa shape index (κ2) is 5.81. The van der Waals surface area contributed by atoms with Crippen LogP contribution in [0.2, 0.25) is 5.02 Å². The Balaban J connectivity index is 1.88. The van der Waals surface area contributed by atoms with Crippen molar-refractivity contribution < 1.29 is 4.39 Å². The molecule has 20 heavy (non-hydrogen) atoms. The maximum Gasteiger partial charge on any atom is 0.142 e. The molecule has 2 aromatic carbocycles. The van der Waals surface area contributed by atoms with Gasteiger partial charge in [0, 0.05) is 31.9 Å². The molecule has 0 radical (unpaired) electrons. The first-order chi connectivity index (χ1) is 9.74. The summed E-state index contributed by atoms with van der Waals surface area (Å²) in [6.07, 6.45) is 0. The fourth-order valence-electron chi connectivity index (χ4n) is 2.55. The monoisotopic (exact) mass is 290 g/mol. The predicted octanol–water partition coefficient (Wildman–Crippen LogP) is 3.59. The first-order valence-corrected chi connectivity index (χ1v) is 7.09. The van der Waals surface area contributed by atoms with Gasteiger partial charge in [0.05, 0.1) is 5.02 Å². The number of anilines is 1. The lowest BCUT2D eigenvalue weighted by atomic mass is 10.1. The first kappa shape index (κ1) is 13.4. The van der Waals surface area contributed by atoms with Crippen molar-refractivity contribution in [2.24, 2.45) is 0 Å². The maximum atomic E-state index is 13.5. The summed E-state index contributed by atoms with van der Waals surface area (Å²) in [6, 6.07) is 13.4. The Labute approximate surface area is 123 Å². The minimum Gasteiger partial charge on any atom is -0.366 e. The van der Waals surface area contributed by atoms with Crippen molar-refractivity contribution in [3.05, 3.63) is 64.4 Å². The number of nitrogens with one attached hydrogen (secondary N) is 1. The highest BCUT2D eigenvalue weighted by molar-refractivity contribution is 6.30. The van der Waals surface area contributed by atoms with Gasteiger partial charge in [-0.3, -0.25) is 0 Å². The minimum atomic E-state index is -0.356. The molecule has 0 spiro atoms. The third-order valence-electron chi connectivity index (χ3n) is 3.56. The molecule has 2 aromatic rings. The average Bonchev–Trinajstić information content (AvgIpc) is 2.66. The molecule has 0 aliphatic carbocycles. The average molecular weight is 291 g/mol. The first-order valence-electron chi connectivity index (χ1n) is 6.71. The number of hydrogen-bond acceptors (Lipinski definition) is 2. The summed E-state index contributed by atoms with van der Waals surface area (Å²) in [7, 11) is 0. The summed E-state index contributed by atoms with van der Waals surface area (Å²) >= 11 is 5.73. The third-order valence-corrected chi connectivity index (χ3v) is 3.87. The Morgan fingerprint density at radius 2 is 2.05 bits per heavy atom. The second-order valence-corrected chi connectivity index (χ2v) is 5.38. The van der Waals surface area contributed by atoms with Gasteiger partial charge in [-0.05, 0) is 29.3 Å². The van der Waals surface area contributed by atoms with Gasteiger partial charge >= 0.3 is 0 Å². The molecule has 2 nitrogen and oxygen atoms in total. The van der Waals surface area contributed by atoms with E-state index in [2.05, 4.69) is 22.3 Å². The smallest absolute Gasteiger partial charge is 0.142 e. The lowest BCUT2D eigenvalue weighted by molar-refractivity contribution is 0.624. The zero-order chi connectivity index (χ0) is 13.9. The molecule has 0 fully saturated rings. The molecule has 104 valence electrons. The van der Waals surface area contributed by atoms with Gasteiger partial charge in [-0.2, -0.15) is 0 Å². The lowest BCUT2D eigenvalue weighted by Gasteiger charge is -2.24. The van der Waals surface area contributed by atoms with Crippen molar-refractivity contribution in [2.45, 2.75) is 13.1 Å². The van der Waals surface area contributed by atoms with Crippen molar-refractivity contribution in [2.75, 3.05) is 18.0 Å². The Morgan fingerprint density at radius 3 is 2.90 bits per heavy atom. The zero-order valence-corrected chi connectivity index (χ0v) is 11.8. The van der Waals surface area contributed by atoms with Crippen LogP contribution < -0.4 is 10.2 Å². The molecule has 1 aliphatic heterocycles. The quantitative estimate of drug-likeness (QED) is 0.909. The van der Waals surface area contributed by atoms with Crippen LogP contribution in [-0.4, -0.2) is 13.1 Å². The SMILES string of the molecule is Fc1cc(CN2CCNCc3ccccc32)ccc1Cl. The lowest BCUT2D eigenvalue weighted by Crippen LogP contribution is -2.28. The van der Waals surface area contributed by atoms with E-state index in [4.69, 9.17) is 11.6 Å². The fourth-order valence-corrected chi connectivity index (χ4v) is 2.67. The van der Waals surface area contributed by atoms with E-state index in [1.807, 2.05) is 18.2 Å². The fraction of sp³-hybridized carbons (Fsp3) is 0.250. The standard InChI is InChI=1S/C16H16ClFN2/c17-14-6-5-12(9-15(14)18)11-20-8-7-19-10-13-3-1-2-4-16(13)20/h1-6,9,19H,7-8,10-11H2. The van der Waals surface area contributed by atoms with Crippen molar-refractivity contribution in [1.29, 1.82) is 0 Å². The zero-order valence-electron chi connectivity index (χ0n) is 11.1. The molecular weight excluding hydrogens is 275 g/mol.